The van der Waals surface area contributed by atoms with Crippen molar-refractivity contribution in [1.29, 1.82) is 0 Å². The maximum atomic E-state index is 14.5. The molecular weight excluding hydrogens is 330 g/mol. The molecule has 0 saturated heterocycles. The number of anilines is 2. The van der Waals surface area contributed by atoms with Crippen LogP contribution in [-0.2, 0) is 0 Å². The maximum Gasteiger partial charge on any atom is 0.337 e. The van der Waals surface area contributed by atoms with Crippen molar-refractivity contribution < 1.29 is 23.2 Å². The number of aryl methyl sites for hydroxylation is 2. The van der Waals surface area contributed by atoms with Crippen LogP contribution in [0.5, 0.6) is 0 Å². The van der Waals surface area contributed by atoms with Crippen LogP contribution >= 0.6 is 0 Å². The molecule has 0 aliphatic rings. The van der Waals surface area contributed by atoms with Crippen LogP contribution < -0.4 is 5.32 Å². The van der Waals surface area contributed by atoms with E-state index in [4.69, 9.17) is 9.63 Å². The summed E-state index contributed by atoms with van der Waals surface area (Å²) in [6.07, 6.45) is 0. The molecule has 1 aromatic heterocycles. The van der Waals surface area contributed by atoms with Gasteiger partial charge in [0.15, 0.2) is 0 Å². The first-order valence-corrected chi connectivity index (χ1v) is 7.40. The van der Waals surface area contributed by atoms with Crippen LogP contribution in [0.1, 0.15) is 21.8 Å². The number of hydrogen-bond donors (Lipinski definition) is 2. The molecule has 0 bridgehead atoms. The molecule has 1 heterocycles. The molecule has 5 nitrogen and oxygen atoms in total. The molecule has 128 valence electrons. The lowest BCUT2D eigenvalue weighted by atomic mass is 10.0. The zero-order valence-electron chi connectivity index (χ0n) is 13.4. The minimum absolute atomic E-state index is 0.0869. The summed E-state index contributed by atoms with van der Waals surface area (Å²) in [6.45, 7) is 3.33. The molecule has 3 rings (SSSR count). The van der Waals surface area contributed by atoms with Crippen LogP contribution in [0.25, 0.3) is 11.1 Å². The lowest BCUT2D eigenvalue weighted by molar-refractivity contribution is 0.0698. The van der Waals surface area contributed by atoms with E-state index in [1.165, 1.54) is 18.2 Å². The SMILES string of the molecule is Cc1noc(C)c1-c1cc(F)c(Nc2ccccc2C(=O)O)c(F)c1. The molecule has 0 saturated carbocycles. The van der Waals surface area contributed by atoms with Crippen molar-refractivity contribution in [2.24, 2.45) is 0 Å². The van der Waals surface area contributed by atoms with Crippen LogP contribution in [0.2, 0.25) is 0 Å². The van der Waals surface area contributed by atoms with Crippen molar-refractivity contribution in [3.05, 3.63) is 65.1 Å². The van der Waals surface area contributed by atoms with Gasteiger partial charge in [-0.3, -0.25) is 0 Å². The summed E-state index contributed by atoms with van der Waals surface area (Å²) >= 11 is 0. The molecular formula is C18H14F2N2O3. The van der Waals surface area contributed by atoms with Gasteiger partial charge in [-0.1, -0.05) is 17.3 Å². The van der Waals surface area contributed by atoms with E-state index < -0.39 is 23.3 Å². The molecule has 0 unspecified atom stereocenters. The Hall–Kier alpha value is -3.22. The predicted octanol–water partition coefficient (Wildman–Crippen LogP) is 4.68. The molecule has 0 fully saturated rings. The molecule has 3 aromatic rings. The Morgan fingerprint density at radius 1 is 1.16 bits per heavy atom. The van der Waals surface area contributed by atoms with Gasteiger partial charge < -0.3 is 14.9 Å². The van der Waals surface area contributed by atoms with Crippen molar-refractivity contribution in [3.8, 4) is 11.1 Å². The zero-order valence-corrected chi connectivity index (χ0v) is 13.4. The van der Waals surface area contributed by atoms with Gasteiger partial charge in [0.25, 0.3) is 0 Å². The van der Waals surface area contributed by atoms with Crippen molar-refractivity contribution in [3.63, 3.8) is 0 Å². The van der Waals surface area contributed by atoms with Gasteiger partial charge in [0.2, 0.25) is 0 Å². The van der Waals surface area contributed by atoms with E-state index in [2.05, 4.69) is 10.5 Å². The summed E-state index contributed by atoms with van der Waals surface area (Å²) in [6, 6.07) is 8.19. The highest BCUT2D eigenvalue weighted by atomic mass is 19.1. The summed E-state index contributed by atoms with van der Waals surface area (Å²) in [4.78, 5) is 11.2. The normalized spacial score (nSPS) is 10.7. The van der Waals surface area contributed by atoms with E-state index in [0.717, 1.165) is 12.1 Å². The van der Waals surface area contributed by atoms with Gasteiger partial charge in [0.1, 0.15) is 23.1 Å². The average molecular weight is 344 g/mol. The van der Waals surface area contributed by atoms with Crippen LogP contribution in [0.15, 0.2) is 40.9 Å². The molecule has 0 amide bonds. The number of carboxylic acids is 1. The Morgan fingerprint density at radius 2 is 1.80 bits per heavy atom. The van der Waals surface area contributed by atoms with Crippen LogP contribution in [0, 0.1) is 25.5 Å². The third-order valence-electron chi connectivity index (χ3n) is 3.78. The van der Waals surface area contributed by atoms with E-state index >= 15 is 0 Å². The number of carbonyl (C=O) groups is 1. The van der Waals surface area contributed by atoms with E-state index in [1.54, 1.807) is 19.9 Å². The number of halogens is 2. The fraction of sp³-hybridized carbons (Fsp3) is 0.111. The van der Waals surface area contributed by atoms with E-state index in [9.17, 15) is 13.6 Å². The number of aromatic carboxylic acids is 1. The van der Waals surface area contributed by atoms with Gasteiger partial charge in [-0.05, 0) is 43.7 Å². The quantitative estimate of drug-likeness (QED) is 0.719. The Bertz CT molecular complexity index is 924. The number of benzene rings is 2. The van der Waals surface area contributed by atoms with Gasteiger partial charge >= 0.3 is 5.97 Å². The number of nitrogens with zero attached hydrogens (tertiary/aromatic N) is 1. The highest BCUT2D eigenvalue weighted by Crippen LogP contribution is 2.33. The highest BCUT2D eigenvalue weighted by molar-refractivity contribution is 5.95. The van der Waals surface area contributed by atoms with Crippen molar-refractivity contribution in [2.45, 2.75) is 13.8 Å². The van der Waals surface area contributed by atoms with E-state index in [0.29, 0.717) is 22.6 Å². The fourth-order valence-corrected chi connectivity index (χ4v) is 2.65. The second-order valence-corrected chi connectivity index (χ2v) is 5.49. The first kappa shape index (κ1) is 16.6. The first-order chi connectivity index (χ1) is 11.9. The third-order valence-corrected chi connectivity index (χ3v) is 3.78. The summed E-state index contributed by atoms with van der Waals surface area (Å²) < 4.78 is 34.0. The largest absolute Gasteiger partial charge is 0.478 e. The number of rotatable bonds is 4. The minimum atomic E-state index is -1.20. The molecule has 0 aliphatic carbocycles. The predicted molar refractivity (Wildman–Crippen MR) is 88.0 cm³/mol. The van der Waals surface area contributed by atoms with Crippen molar-refractivity contribution in [1.82, 2.24) is 5.16 Å². The minimum Gasteiger partial charge on any atom is -0.478 e. The number of para-hydroxylation sites is 1. The molecule has 2 aromatic carbocycles. The van der Waals surface area contributed by atoms with Gasteiger partial charge in [-0.25, -0.2) is 13.6 Å². The van der Waals surface area contributed by atoms with Gasteiger partial charge in [0, 0.05) is 5.56 Å². The maximum absolute atomic E-state index is 14.5. The van der Waals surface area contributed by atoms with Crippen molar-refractivity contribution >= 4 is 17.3 Å². The number of carboxylic acid groups (broad SMARTS) is 1. The van der Waals surface area contributed by atoms with Gasteiger partial charge in [0.05, 0.1) is 16.9 Å². The third kappa shape index (κ3) is 3.08. The summed E-state index contributed by atoms with van der Waals surface area (Å²) in [5.41, 5.74) is 0.921. The lowest BCUT2D eigenvalue weighted by Gasteiger charge is -2.12. The monoisotopic (exact) mass is 344 g/mol. The van der Waals surface area contributed by atoms with Gasteiger partial charge in [-0.2, -0.15) is 0 Å². The summed E-state index contributed by atoms with van der Waals surface area (Å²) in [7, 11) is 0. The lowest BCUT2D eigenvalue weighted by Crippen LogP contribution is -2.05. The Morgan fingerprint density at radius 3 is 2.36 bits per heavy atom. The second kappa shape index (κ2) is 6.35. The second-order valence-electron chi connectivity index (χ2n) is 5.49. The molecule has 0 aliphatic heterocycles. The Kier molecular flexibility index (Phi) is 4.22. The van der Waals surface area contributed by atoms with E-state index in [-0.39, 0.29) is 11.3 Å². The molecule has 2 N–H and O–H groups in total. The van der Waals surface area contributed by atoms with Crippen LogP contribution in [0.3, 0.4) is 0 Å². The topological polar surface area (TPSA) is 75.4 Å². The fourth-order valence-electron chi connectivity index (χ4n) is 2.65. The van der Waals surface area contributed by atoms with Gasteiger partial charge in [-0.15, -0.1) is 0 Å². The molecule has 0 atom stereocenters. The zero-order chi connectivity index (χ0) is 18.1. The van der Waals surface area contributed by atoms with Crippen LogP contribution in [0.4, 0.5) is 20.2 Å². The number of nitrogens with one attached hydrogen (secondary N) is 1. The smallest absolute Gasteiger partial charge is 0.337 e. The number of hydrogen-bond acceptors (Lipinski definition) is 4. The average Bonchev–Trinajstić information content (AvgIpc) is 2.89. The first-order valence-electron chi connectivity index (χ1n) is 7.40. The Balaban J connectivity index is 2.04. The standard InChI is InChI=1S/C18H14F2N2O3/c1-9-16(10(2)25-22-9)11-7-13(19)17(14(20)8-11)21-15-6-4-3-5-12(15)18(23)24/h3-8,21H,1-2H3,(H,23,24). The summed E-state index contributed by atoms with van der Waals surface area (Å²) in [5, 5.41) is 15.5. The van der Waals surface area contributed by atoms with Crippen LogP contribution in [-0.4, -0.2) is 16.2 Å². The Labute approximate surface area is 141 Å². The van der Waals surface area contributed by atoms with Crippen molar-refractivity contribution in [2.75, 3.05) is 5.32 Å². The molecule has 0 spiro atoms. The highest BCUT2D eigenvalue weighted by Gasteiger charge is 2.19. The molecule has 25 heavy (non-hydrogen) atoms. The molecule has 7 heteroatoms. The van der Waals surface area contributed by atoms with E-state index in [1.807, 2.05) is 0 Å². The molecule has 0 radical (unpaired) electrons. The summed E-state index contributed by atoms with van der Waals surface area (Å²) in [5.74, 6) is -2.45. The number of aromatic nitrogens is 1.